The minimum Gasteiger partial charge on any atom is -0.477 e. The number of aryl methyl sites for hydroxylation is 1. The molecule has 0 saturated heterocycles. The Bertz CT molecular complexity index is 609. The fourth-order valence-electron chi connectivity index (χ4n) is 1.27. The monoisotopic (exact) mass is 278 g/mol. The van der Waals surface area contributed by atoms with Crippen LogP contribution in [0.4, 0.5) is 15.6 Å². The first-order chi connectivity index (χ1) is 9.04. The van der Waals surface area contributed by atoms with Crippen molar-refractivity contribution in [3.8, 4) is 0 Å². The molecule has 0 atom stereocenters. The second-order valence-corrected chi connectivity index (χ2v) is 4.83. The van der Waals surface area contributed by atoms with Gasteiger partial charge in [-0.1, -0.05) is 0 Å². The molecule has 0 unspecified atom stereocenters. The van der Waals surface area contributed by atoms with Crippen LogP contribution in [0, 0.1) is 6.92 Å². The van der Waals surface area contributed by atoms with E-state index in [-0.39, 0.29) is 5.69 Å². The number of carbonyl (C=O) groups excluding carboxylic acids is 1. The summed E-state index contributed by atoms with van der Waals surface area (Å²) in [5, 5.41) is 14.3. The number of thiazole rings is 1. The summed E-state index contributed by atoms with van der Waals surface area (Å²) in [4.78, 5) is 30.9. The number of carboxylic acids is 1. The lowest BCUT2D eigenvalue weighted by atomic mass is 10.3. The van der Waals surface area contributed by atoms with E-state index in [1.165, 1.54) is 29.7 Å². The number of hydrogen-bond acceptors (Lipinski definition) is 5. The van der Waals surface area contributed by atoms with Gasteiger partial charge in [0.1, 0.15) is 5.69 Å². The fraction of sp³-hybridized carbons (Fsp3) is 0.0909. The molecular formula is C11H10N4O3S. The molecule has 2 rings (SSSR count). The summed E-state index contributed by atoms with van der Waals surface area (Å²) in [5.74, 6) is -1.12. The summed E-state index contributed by atoms with van der Waals surface area (Å²) in [5.41, 5.74) is 0.317. The van der Waals surface area contributed by atoms with Crippen molar-refractivity contribution in [3.05, 3.63) is 35.1 Å². The minimum absolute atomic E-state index is 0.0819. The average Bonchev–Trinajstić information content (AvgIpc) is 2.75. The van der Waals surface area contributed by atoms with E-state index < -0.39 is 12.0 Å². The Hall–Kier alpha value is -2.48. The molecule has 2 aromatic rings. The number of aromatic carboxylic acids is 1. The van der Waals surface area contributed by atoms with Gasteiger partial charge < -0.3 is 10.4 Å². The highest BCUT2D eigenvalue weighted by Crippen LogP contribution is 2.16. The number of hydrogen-bond donors (Lipinski definition) is 3. The van der Waals surface area contributed by atoms with Gasteiger partial charge in [0, 0.05) is 11.1 Å². The molecule has 0 saturated carbocycles. The van der Waals surface area contributed by atoms with Crippen LogP contribution in [-0.4, -0.2) is 27.1 Å². The zero-order valence-corrected chi connectivity index (χ0v) is 10.7. The lowest BCUT2D eigenvalue weighted by Crippen LogP contribution is -2.19. The maximum absolute atomic E-state index is 11.6. The average molecular weight is 278 g/mol. The van der Waals surface area contributed by atoms with Crippen LogP contribution in [0.15, 0.2) is 24.5 Å². The third-order valence-corrected chi connectivity index (χ3v) is 2.91. The Morgan fingerprint density at radius 2 is 2.00 bits per heavy atom. The van der Waals surface area contributed by atoms with E-state index in [1.54, 1.807) is 6.20 Å². The van der Waals surface area contributed by atoms with Crippen molar-refractivity contribution in [3.63, 3.8) is 0 Å². The Kier molecular flexibility index (Phi) is 3.71. The van der Waals surface area contributed by atoms with E-state index in [0.29, 0.717) is 10.8 Å². The SMILES string of the molecule is Cc1cnc(NC(=O)Nc2ccc(C(=O)O)nc2)s1. The van der Waals surface area contributed by atoms with Gasteiger partial charge in [0.25, 0.3) is 0 Å². The summed E-state index contributed by atoms with van der Waals surface area (Å²) >= 11 is 1.36. The quantitative estimate of drug-likeness (QED) is 0.798. The molecule has 2 aromatic heterocycles. The van der Waals surface area contributed by atoms with Crippen LogP contribution in [0.5, 0.6) is 0 Å². The summed E-state index contributed by atoms with van der Waals surface area (Å²) in [6.07, 6.45) is 2.93. The minimum atomic E-state index is -1.12. The van der Waals surface area contributed by atoms with Gasteiger partial charge in [-0.3, -0.25) is 5.32 Å². The number of anilines is 2. The predicted octanol–water partition coefficient (Wildman–Crippen LogP) is 2.19. The molecule has 19 heavy (non-hydrogen) atoms. The third-order valence-electron chi connectivity index (χ3n) is 2.08. The van der Waals surface area contributed by atoms with Crippen LogP contribution in [-0.2, 0) is 0 Å². The van der Waals surface area contributed by atoms with Gasteiger partial charge in [-0.05, 0) is 19.1 Å². The molecule has 7 nitrogen and oxygen atoms in total. The zero-order chi connectivity index (χ0) is 13.8. The predicted molar refractivity (Wildman–Crippen MR) is 70.7 cm³/mol. The number of carbonyl (C=O) groups is 2. The van der Waals surface area contributed by atoms with Crippen molar-refractivity contribution >= 4 is 34.2 Å². The van der Waals surface area contributed by atoms with Gasteiger partial charge in [-0.15, -0.1) is 11.3 Å². The highest BCUT2D eigenvalue weighted by molar-refractivity contribution is 7.15. The molecule has 98 valence electrons. The topological polar surface area (TPSA) is 104 Å². The third kappa shape index (κ3) is 3.49. The first-order valence-corrected chi connectivity index (χ1v) is 6.06. The van der Waals surface area contributed by atoms with Gasteiger partial charge in [-0.2, -0.15) is 0 Å². The lowest BCUT2D eigenvalue weighted by Gasteiger charge is -2.04. The molecule has 0 fully saturated rings. The number of nitrogens with zero attached hydrogens (tertiary/aromatic N) is 2. The fourth-order valence-corrected chi connectivity index (χ4v) is 1.93. The van der Waals surface area contributed by atoms with Crippen molar-refractivity contribution in [1.29, 1.82) is 0 Å². The first kappa shape index (κ1) is 13.0. The summed E-state index contributed by atoms with van der Waals surface area (Å²) in [7, 11) is 0. The van der Waals surface area contributed by atoms with Crippen molar-refractivity contribution in [2.24, 2.45) is 0 Å². The maximum atomic E-state index is 11.6. The van der Waals surface area contributed by atoms with Crippen molar-refractivity contribution in [2.45, 2.75) is 6.92 Å². The Morgan fingerprint density at radius 1 is 1.21 bits per heavy atom. The van der Waals surface area contributed by atoms with Crippen LogP contribution in [0.3, 0.4) is 0 Å². The van der Waals surface area contributed by atoms with E-state index in [1.807, 2.05) is 6.92 Å². The zero-order valence-electron chi connectivity index (χ0n) is 9.88. The number of amides is 2. The summed E-state index contributed by atoms with van der Waals surface area (Å²) in [6.45, 7) is 1.88. The van der Waals surface area contributed by atoms with Crippen LogP contribution >= 0.6 is 11.3 Å². The van der Waals surface area contributed by atoms with E-state index in [2.05, 4.69) is 20.6 Å². The first-order valence-electron chi connectivity index (χ1n) is 5.24. The molecule has 0 bridgehead atoms. The van der Waals surface area contributed by atoms with Crippen molar-refractivity contribution in [2.75, 3.05) is 10.6 Å². The molecule has 2 heterocycles. The highest BCUT2D eigenvalue weighted by atomic mass is 32.1. The molecule has 0 aromatic carbocycles. The number of rotatable bonds is 3. The molecule has 0 radical (unpaired) electrons. The van der Waals surface area contributed by atoms with Crippen LogP contribution in [0.2, 0.25) is 0 Å². The van der Waals surface area contributed by atoms with Crippen LogP contribution in [0.1, 0.15) is 15.4 Å². The molecule has 0 aliphatic heterocycles. The van der Waals surface area contributed by atoms with Gasteiger partial charge in [0.05, 0.1) is 11.9 Å². The van der Waals surface area contributed by atoms with Crippen LogP contribution < -0.4 is 10.6 Å². The largest absolute Gasteiger partial charge is 0.477 e. The molecular weight excluding hydrogens is 268 g/mol. The normalized spacial score (nSPS) is 9.95. The van der Waals surface area contributed by atoms with Gasteiger partial charge in [-0.25, -0.2) is 19.6 Å². The summed E-state index contributed by atoms with van der Waals surface area (Å²) in [6, 6.07) is 2.31. The Morgan fingerprint density at radius 3 is 2.53 bits per heavy atom. The van der Waals surface area contributed by atoms with E-state index in [9.17, 15) is 9.59 Å². The van der Waals surface area contributed by atoms with E-state index >= 15 is 0 Å². The smallest absolute Gasteiger partial charge is 0.354 e. The molecule has 3 N–H and O–H groups in total. The Balaban J connectivity index is 1.97. The second-order valence-electron chi connectivity index (χ2n) is 3.59. The number of carboxylic acid groups (broad SMARTS) is 1. The van der Waals surface area contributed by atoms with E-state index in [4.69, 9.17) is 5.11 Å². The molecule has 2 amide bonds. The van der Waals surface area contributed by atoms with Gasteiger partial charge in [0.15, 0.2) is 5.13 Å². The van der Waals surface area contributed by atoms with Gasteiger partial charge in [0.2, 0.25) is 0 Å². The summed E-state index contributed by atoms with van der Waals surface area (Å²) < 4.78 is 0. The van der Waals surface area contributed by atoms with E-state index in [0.717, 1.165) is 4.88 Å². The molecule has 0 aliphatic rings. The molecule has 8 heteroatoms. The Labute approximate surface area is 112 Å². The molecule has 0 aliphatic carbocycles. The lowest BCUT2D eigenvalue weighted by molar-refractivity contribution is 0.0690. The maximum Gasteiger partial charge on any atom is 0.354 e. The highest BCUT2D eigenvalue weighted by Gasteiger charge is 2.07. The number of nitrogens with one attached hydrogen (secondary N) is 2. The van der Waals surface area contributed by atoms with Crippen molar-refractivity contribution in [1.82, 2.24) is 9.97 Å². The van der Waals surface area contributed by atoms with Crippen LogP contribution in [0.25, 0.3) is 0 Å². The molecule has 0 spiro atoms. The van der Waals surface area contributed by atoms with Gasteiger partial charge >= 0.3 is 12.0 Å². The second kappa shape index (κ2) is 5.44. The van der Waals surface area contributed by atoms with Crippen molar-refractivity contribution < 1.29 is 14.7 Å². The number of pyridine rings is 1. The number of aromatic nitrogens is 2. The number of urea groups is 1. The standard InChI is InChI=1S/C11H10N4O3S/c1-6-4-13-11(19-6)15-10(18)14-7-2-3-8(9(16)17)12-5-7/h2-5H,1H3,(H,16,17)(H2,13,14,15,18).